The van der Waals surface area contributed by atoms with Crippen LogP contribution in [0.3, 0.4) is 0 Å². The van der Waals surface area contributed by atoms with Crippen molar-refractivity contribution in [2.45, 2.75) is 63.6 Å². The summed E-state index contributed by atoms with van der Waals surface area (Å²) in [5.41, 5.74) is 0.647. The molecule has 0 atom stereocenters. The first-order valence-electron chi connectivity index (χ1n) is 15.0. The van der Waals surface area contributed by atoms with Crippen LogP contribution in [0.15, 0.2) is 47.3 Å². The summed E-state index contributed by atoms with van der Waals surface area (Å²) < 4.78 is 75.0. The fourth-order valence-electron chi connectivity index (χ4n) is 5.55. The zero-order valence-corrected chi connectivity index (χ0v) is 24.7. The topological polar surface area (TPSA) is 101 Å². The van der Waals surface area contributed by atoms with E-state index in [1.807, 2.05) is 4.90 Å². The summed E-state index contributed by atoms with van der Waals surface area (Å²) in [6.45, 7) is 1.88. The molecule has 0 unspecified atom stereocenters. The number of nitrogens with zero attached hydrogens (tertiary/aromatic N) is 1. The normalized spacial score (nSPS) is 14.1. The van der Waals surface area contributed by atoms with E-state index in [1.165, 1.54) is 30.3 Å². The minimum Gasteiger partial charge on any atom is -0.418 e. The molecule has 1 aliphatic rings. The number of hydrogen-bond acceptors (Lipinski definition) is 6. The van der Waals surface area contributed by atoms with Crippen LogP contribution in [-0.4, -0.2) is 66.8 Å². The number of alkyl halides is 3. The summed E-state index contributed by atoms with van der Waals surface area (Å²) in [5.74, 6) is -4.10. The molecular formula is C32H36F5N3O5. The SMILES string of the molecule is O=C(CCOCCc1cc(F)cc(F)c1)N(CCNCCc1ccc(OC(=O)C(F)(F)F)c2[nH]c(=O)ccc12)C1CCCCC1. The lowest BCUT2D eigenvalue weighted by Crippen LogP contribution is -2.45. The van der Waals surface area contributed by atoms with Gasteiger partial charge >= 0.3 is 12.1 Å². The van der Waals surface area contributed by atoms with Gasteiger partial charge in [0.2, 0.25) is 11.5 Å². The summed E-state index contributed by atoms with van der Waals surface area (Å²) in [6, 6.07) is 8.93. The van der Waals surface area contributed by atoms with Crippen molar-refractivity contribution in [3.05, 3.63) is 75.6 Å². The minimum atomic E-state index is -5.18. The smallest absolute Gasteiger partial charge is 0.418 e. The summed E-state index contributed by atoms with van der Waals surface area (Å²) in [4.78, 5) is 40.7. The first-order chi connectivity index (χ1) is 21.5. The first-order valence-corrected chi connectivity index (χ1v) is 15.0. The Hall–Kier alpha value is -3.84. The summed E-state index contributed by atoms with van der Waals surface area (Å²) in [5, 5.41) is 3.76. The fourth-order valence-corrected chi connectivity index (χ4v) is 5.55. The van der Waals surface area contributed by atoms with E-state index < -0.39 is 35.1 Å². The molecule has 244 valence electrons. The fraction of sp³-hybridized carbons (Fsp3) is 0.469. The number of nitrogens with one attached hydrogen (secondary N) is 2. The maximum Gasteiger partial charge on any atom is 0.491 e. The number of carbonyl (C=O) groups is 2. The standard InChI is InChI=1S/C32H36F5N3O5/c33-23-18-21(19-24(34)20-23)11-16-44-17-12-29(42)40(25-4-2-1-3-5-25)15-14-38-13-10-22-6-8-27(45-31(43)32(35,36)37)30-26(22)7-9-28(41)39-30/h6-9,18-20,25,38H,1-5,10-17H2,(H,39,41). The second kappa shape index (κ2) is 15.9. The molecule has 0 spiro atoms. The number of aromatic nitrogens is 1. The van der Waals surface area contributed by atoms with Crippen LogP contribution in [0.5, 0.6) is 5.75 Å². The predicted molar refractivity (Wildman–Crippen MR) is 157 cm³/mol. The second-order valence-electron chi connectivity index (χ2n) is 11.0. The quantitative estimate of drug-likeness (QED) is 0.109. The number of esters is 1. The lowest BCUT2D eigenvalue weighted by Gasteiger charge is -2.34. The number of halogens is 5. The summed E-state index contributed by atoms with van der Waals surface area (Å²) >= 11 is 0. The van der Waals surface area contributed by atoms with E-state index in [4.69, 9.17) is 4.74 Å². The highest BCUT2D eigenvalue weighted by Crippen LogP contribution is 2.29. The van der Waals surface area contributed by atoms with Gasteiger partial charge in [0.15, 0.2) is 5.75 Å². The molecule has 1 aromatic heterocycles. The van der Waals surface area contributed by atoms with Crippen LogP contribution in [0.1, 0.15) is 49.7 Å². The number of fused-ring (bicyclic) bond motifs is 1. The molecule has 13 heteroatoms. The Labute approximate surface area is 256 Å². The zero-order chi connectivity index (χ0) is 32.4. The van der Waals surface area contributed by atoms with E-state index in [0.717, 1.165) is 43.7 Å². The van der Waals surface area contributed by atoms with E-state index in [2.05, 4.69) is 15.0 Å². The highest BCUT2D eigenvalue weighted by molar-refractivity contribution is 5.90. The number of benzene rings is 2. The van der Waals surface area contributed by atoms with E-state index in [1.54, 1.807) is 6.07 Å². The molecule has 2 aromatic carbocycles. The molecule has 4 rings (SSSR count). The lowest BCUT2D eigenvalue weighted by atomic mass is 9.94. The van der Waals surface area contributed by atoms with Crippen molar-refractivity contribution >= 4 is 22.8 Å². The predicted octanol–water partition coefficient (Wildman–Crippen LogP) is 5.22. The van der Waals surface area contributed by atoms with Crippen molar-refractivity contribution in [1.29, 1.82) is 0 Å². The van der Waals surface area contributed by atoms with Crippen LogP contribution in [0.4, 0.5) is 22.0 Å². The van der Waals surface area contributed by atoms with Gasteiger partial charge in [0, 0.05) is 36.7 Å². The van der Waals surface area contributed by atoms with Crippen molar-refractivity contribution in [2.24, 2.45) is 0 Å². The molecule has 0 radical (unpaired) electrons. The Morgan fingerprint density at radius 1 is 0.933 bits per heavy atom. The molecule has 1 fully saturated rings. The molecule has 0 bridgehead atoms. The Morgan fingerprint density at radius 2 is 1.67 bits per heavy atom. The Morgan fingerprint density at radius 3 is 2.38 bits per heavy atom. The first kappa shape index (κ1) is 34.0. The molecule has 3 aromatic rings. The highest BCUT2D eigenvalue weighted by atomic mass is 19.4. The summed E-state index contributed by atoms with van der Waals surface area (Å²) in [6.07, 6.45) is 0.855. The molecule has 2 N–H and O–H groups in total. The molecule has 8 nitrogen and oxygen atoms in total. The Bertz CT molecular complexity index is 1500. The van der Waals surface area contributed by atoms with Crippen molar-refractivity contribution in [3.8, 4) is 5.75 Å². The Kier molecular flexibility index (Phi) is 12.1. The third-order valence-electron chi connectivity index (χ3n) is 7.74. The van der Waals surface area contributed by atoms with Crippen molar-refractivity contribution in [1.82, 2.24) is 15.2 Å². The van der Waals surface area contributed by atoms with Crippen molar-refractivity contribution in [3.63, 3.8) is 0 Å². The number of rotatable bonds is 14. The minimum absolute atomic E-state index is 0.00279. The third kappa shape index (κ3) is 10.1. The van der Waals surface area contributed by atoms with Gasteiger partial charge in [0.25, 0.3) is 0 Å². The number of hydrogen-bond donors (Lipinski definition) is 2. The highest BCUT2D eigenvalue weighted by Gasteiger charge is 2.41. The van der Waals surface area contributed by atoms with Crippen LogP contribution >= 0.6 is 0 Å². The molecule has 1 aliphatic carbocycles. The average Bonchev–Trinajstić information content (AvgIpc) is 2.99. The largest absolute Gasteiger partial charge is 0.491 e. The van der Waals surface area contributed by atoms with Gasteiger partial charge < -0.3 is 24.7 Å². The summed E-state index contributed by atoms with van der Waals surface area (Å²) in [7, 11) is 0. The lowest BCUT2D eigenvalue weighted by molar-refractivity contribution is -0.189. The van der Waals surface area contributed by atoms with Crippen molar-refractivity contribution < 1.29 is 41.0 Å². The van der Waals surface area contributed by atoms with Crippen LogP contribution in [-0.2, 0) is 27.2 Å². The number of H-pyrrole nitrogens is 1. The van der Waals surface area contributed by atoms with Gasteiger partial charge in [-0.2, -0.15) is 13.2 Å². The van der Waals surface area contributed by atoms with Crippen LogP contribution in [0.25, 0.3) is 10.9 Å². The van der Waals surface area contributed by atoms with E-state index >= 15 is 0 Å². The molecule has 45 heavy (non-hydrogen) atoms. The van der Waals surface area contributed by atoms with E-state index in [0.29, 0.717) is 43.4 Å². The molecule has 1 amide bonds. The maximum absolute atomic E-state index is 13.4. The third-order valence-corrected chi connectivity index (χ3v) is 7.74. The van der Waals surface area contributed by atoms with Crippen LogP contribution in [0, 0.1) is 11.6 Å². The molecule has 0 saturated heterocycles. The monoisotopic (exact) mass is 637 g/mol. The number of aromatic amines is 1. The maximum atomic E-state index is 13.4. The van der Waals surface area contributed by atoms with Gasteiger partial charge in [-0.3, -0.25) is 9.59 Å². The van der Waals surface area contributed by atoms with Gasteiger partial charge in [-0.05, 0) is 67.6 Å². The van der Waals surface area contributed by atoms with Gasteiger partial charge in [-0.1, -0.05) is 25.3 Å². The van der Waals surface area contributed by atoms with Crippen LogP contribution < -0.4 is 15.6 Å². The molecule has 1 heterocycles. The van der Waals surface area contributed by atoms with Gasteiger partial charge in [0.1, 0.15) is 11.6 Å². The second-order valence-corrected chi connectivity index (χ2v) is 11.0. The Balaban J connectivity index is 1.28. The van der Waals surface area contributed by atoms with Crippen molar-refractivity contribution in [2.75, 3.05) is 32.8 Å². The van der Waals surface area contributed by atoms with Crippen LogP contribution in [0.2, 0.25) is 0 Å². The van der Waals surface area contributed by atoms with Gasteiger partial charge in [-0.25, -0.2) is 13.6 Å². The number of amides is 1. The van der Waals surface area contributed by atoms with E-state index in [9.17, 15) is 36.3 Å². The number of carbonyl (C=O) groups excluding carboxylic acids is 2. The molecule has 1 saturated carbocycles. The molecule has 0 aliphatic heterocycles. The zero-order valence-electron chi connectivity index (χ0n) is 24.7. The van der Waals surface area contributed by atoms with E-state index in [-0.39, 0.29) is 37.1 Å². The number of ether oxygens (including phenoxy) is 2. The average molecular weight is 638 g/mol. The van der Waals surface area contributed by atoms with Gasteiger partial charge in [-0.15, -0.1) is 0 Å². The number of pyridine rings is 1. The van der Waals surface area contributed by atoms with Gasteiger partial charge in [0.05, 0.1) is 25.2 Å². The molecular weight excluding hydrogens is 601 g/mol.